The largest absolute Gasteiger partial charge is 0.497 e. The van der Waals surface area contributed by atoms with Crippen LogP contribution in [0.15, 0.2) is 66.0 Å². The summed E-state index contributed by atoms with van der Waals surface area (Å²) in [5.41, 5.74) is 3.81. The molecule has 1 amide bonds. The number of aromatic amines is 1. The molecule has 0 bridgehead atoms. The minimum absolute atomic E-state index is 0.288. The normalized spacial score (nSPS) is 11.8. The number of esters is 1. The maximum atomic E-state index is 12.8. The summed E-state index contributed by atoms with van der Waals surface area (Å²) in [6.07, 6.45) is -1.05. The third-order valence-corrected chi connectivity index (χ3v) is 6.98. The number of methoxy groups -OCH3 is 1. The van der Waals surface area contributed by atoms with Gasteiger partial charge >= 0.3 is 5.97 Å². The predicted molar refractivity (Wildman–Crippen MR) is 149 cm³/mol. The van der Waals surface area contributed by atoms with Gasteiger partial charge in [0.25, 0.3) is 5.91 Å². The Balaban J connectivity index is 1.24. The SMILES string of the molecule is COc1ccc(-c2nc3ccc(C(=O)OC(C)C(=O)Nc4nc(-c5ccc(Cl)cc5Cl)cs4)cc3[nH]2)cc1. The number of amides is 1. The second-order valence-electron chi connectivity index (χ2n) is 8.24. The topological polar surface area (TPSA) is 106 Å². The van der Waals surface area contributed by atoms with Crippen LogP contribution in [0, 0.1) is 0 Å². The van der Waals surface area contributed by atoms with Crippen LogP contribution in [0.3, 0.4) is 0 Å². The molecule has 2 aromatic heterocycles. The molecular formula is C27H20Cl2N4O4S. The molecule has 0 aliphatic carbocycles. The van der Waals surface area contributed by atoms with Gasteiger partial charge in [-0.15, -0.1) is 11.3 Å². The summed E-state index contributed by atoms with van der Waals surface area (Å²) in [6, 6.07) is 17.5. The average Bonchev–Trinajstić information content (AvgIpc) is 3.55. The van der Waals surface area contributed by atoms with Crippen molar-refractivity contribution in [2.24, 2.45) is 0 Å². The Hall–Kier alpha value is -3.92. The van der Waals surface area contributed by atoms with E-state index in [2.05, 4.69) is 20.3 Å². The van der Waals surface area contributed by atoms with Gasteiger partial charge in [0, 0.05) is 21.5 Å². The Morgan fingerprint density at radius 3 is 2.55 bits per heavy atom. The van der Waals surface area contributed by atoms with Crippen molar-refractivity contribution in [1.29, 1.82) is 0 Å². The predicted octanol–water partition coefficient (Wildman–Crippen LogP) is 6.85. The number of ether oxygens (including phenoxy) is 2. The average molecular weight is 567 g/mol. The monoisotopic (exact) mass is 566 g/mol. The van der Waals surface area contributed by atoms with E-state index < -0.39 is 18.0 Å². The van der Waals surface area contributed by atoms with E-state index in [0.717, 1.165) is 11.3 Å². The number of nitrogens with zero attached hydrogens (tertiary/aromatic N) is 2. The van der Waals surface area contributed by atoms with Crippen molar-refractivity contribution in [1.82, 2.24) is 15.0 Å². The molecule has 1 unspecified atom stereocenters. The molecule has 2 heterocycles. The molecule has 0 fully saturated rings. The van der Waals surface area contributed by atoms with E-state index in [4.69, 9.17) is 32.7 Å². The van der Waals surface area contributed by atoms with E-state index in [9.17, 15) is 9.59 Å². The fourth-order valence-corrected chi connectivity index (χ4v) is 4.88. The van der Waals surface area contributed by atoms with E-state index in [1.807, 2.05) is 24.3 Å². The van der Waals surface area contributed by atoms with Crippen LogP contribution < -0.4 is 10.1 Å². The summed E-state index contributed by atoms with van der Waals surface area (Å²) in [7, 11) is 1.61. The van der Waals surface area contributed by atoms with Crippen LogP contribution in [0.2, 0.25) is 10.0 Å². The maximum absolute atomic E-state index is 12.8. The number of anilines is 1. The third-order valence-electron chi connectivity index (χ3n) is 5.68. The van der Waals surface area contributed by atoms with Gasteiger partial charge in [-0.1, -0.05) is 23.2 Å². The van der Waals surface area contributed by atoms with Crippen LogP contribution in [0.1, 0.15) is 17.3 Å². The second kappa shape index (κ2) is 10.8. The van der Waals surface area contributed by atoms with Gasteiger partial charge < -0.3 is 14.5 Å². The number of nitrogens with one attached hydrogen (secondary N) is 2. The fourth-order valence-electron chi connectivity index (χ4n) is 3.66. The first kappa shape index (κ1) is 25.7. The Bertz CT molecular complexity index is 1650. The Morgan fingerprint density at radius 2 is 1.82 bits per heavy atom. The molecule has 0 aliphatic heterocycles. The first-order valence-electron chi connectivity index (χ1n) is 11.4. The molecule has 11 heteroatoms. The summed E-state index contributed by atoms with van der Waals surface area (Å²) in [5, 5.41) is 5.76. The molecule has 0 saturated heterocycles. The maximum Gasteiger partial charge on any atom is 0.338 e. The van der Waals surface area contributed by atoms with Crippen molar-refractivity contribution >= 4 is 62.6 Å². The second-order valence-corrected chi connectivity index (χ2v) is 9.95. The molecule has 3 aromatic carbocycles. The van der Waals surface area contributed by atoms with Gasteiger partial charge in [0.1, 0.15) is 11.6 Å². The molecule has 0 saturated carbocycles. The summed E-state index contributed by atoms with van der Waals surface area (Å²) in [6.45, 7) is 1.49. The molecule has 5 rings (SSSR count). The molecule has 38 heavy (non-hydrogen) atoms. The zero-order valence-electron chi connectivity index (χ0n) is 20.1. The van der Waals surface area contributed by atoms with Crippen LogP contribution in [-0.2, 0) is 9.53 Å². The van der Waals surface area contributed by atoms with Crippen LogP contribution >= 0.6 is 34.5 Å². The van der Waals surface area contributed by atoms with Crippen LogP contribution in [0.4, 0.5) is 5.13 Å². The smallest absolute Gasteiger partial charge is 0.338 e. The minimum atomic E-state index is -1.05. The van der Waals surface area contributed by atoms with Gasteiger partial charge in [0.2, 0.25) is 0 Å². The molecule has 192 valence electrons. The summed E-state index contributed by atoms with van der Waals surface area (Å²) in [5.74, 6) is 0.256. The number of rotatable bonds is 7. The Kier molecular flexibility index (Phi) is 7.33. The lowest BCUT2D eigenvalue weighted by atomic mass is 10.2. The Labute approximate surface area is 231 Å². The lowest BCUT2D eigenvalue weighted by molar-refractivity contribution is -0.123. The van der Waals surface area contributed by atoms with Crippen LogP contribution in [0.5, 0.6) is 5.75 Å². The van der Waals surface area contributed by atoms with Gasteiger partial charge in [-0.2, -0.15) is 0 Å². The number of benzene rings is 3. The standard InChI is InChI=1S/C27H20Cl2N4O4S/c1-14(25(34)33-27-32-23(13-38-27)19-9-6-17(28)12-20(19)29)37-26(35)16-5-10-21-22(11-16)31-24(30-21)15-3-7-18(36-2)8-4-15/h3-14H,1-2H3,(H,30,31)(H,32,33,34). The zero-order chi connectivity index (χ0) is 26.8. The third kappa shape index (κ3) is 5.50. The van der Waals surface area contributed by atoms with Crippen LogP contribution in [-0.4, -0.2) is 40.0 Å². The highest BCUT2D eigenvalue weighted by Gasteiger charge is 2.21. The number of carbonyl (C=O) groups is 2. The number of carbonyl (C=O) groups excluding carboxylic acids is 2. The van der Waals surface area contributed by atoms with Crippen molar-refractivity contribution in [3.63, 3.8) is 0 Å². The van der Waals surface area contributed by atoms with Crippen molar-refractivity contribution in [3.05, 3.63) is 81.7 Å². The van der Waals surface area contributed by atoms with Gasteiger partial charge in [0.05, 0.1) is 34.4 Å². The quantitative estimate of drug-likeness (QED) is 0.208. The molecule has 8 nitrogen and oxygen atoms in total. The number of hydrogen-bond donors (Lipinski definition) is 2. The number of fused-ring (bicyclic) bond motifs is 1. The number of halogens is 2. The molecule has 2 N–H and O–H groups in total. The zero-order valence-corrected chi connectivity index (χ0v) is 22.4. The van der Waals surface area contributed by atoms with E-state index in [1.165, 1.54) is 18.3 Å². The number of H-pyrrole nitrogens is 1. The molecule has 1 atom stereocenters. The lowest BCUT2D eigenvalue weighted by Crippen LogP contribution is -2.29. The molecule has 0 spiro atoms. The lowest BCUT2D eigenvalue weighted by Gasteiger charge is -2.12. The summed E-state index contributed by atoms with van der Waals surface area (Å²) >= 11 is 13.4. The van der Waals surface area contributed by atoms with Gasteiger partial charge in [-0.3, -0.25) is 10.1 Å². The molecule has 0 aliphatic rings. The van der Waals surface area contributed by atoms with Crippen molar-refractivity contribution in [2.45, 2.75) is 13.0 Å². The van der Waals surface area contributed by atoms with E-state index in [-0.39, 0.29) is 5.56 Å². The van der Waals surface area contributed by atoms with E-state index in [0.29, 0.717) is 43.3 Å². The summed E-state index contributed by atoms with van der Waals surface area (Å²) in [4.78, 5) is 37.6. The number of aromatic nitrogens is 3. The van der Waals surface area contributed by atoms with Gasteiger partial charge in [0.15, 0.2) is 11.2 Å². The fraction of sp³-hybridized carbons (Fsp3) is 0.111. The highest BCUT2D eigenvalue weighted by Crippen LogP contribution is 2.32. The summed E-state index contributed by atoms with van der Waals surface area (Å²) < 4.78 is 10.6. The highest BCUT2D eigenvalue weighted by atomic mass is 35.5. The molecule has 0 radical (unpaired) electrons. The van der Waals surface area contributed by atoms with Gasteiger partial charge in [-0.05, 0) is 67.6 Å². The van der Waals surface area contributed by atoms with Crippen molar-refractivity contribution in [3.8, 4) is 28.4 Å². The van der Waals surface area contributed by atoms with E-state index >= 15 is 0 Å². The van der Waals surface area contributed by atoms with Crippen LogP contribution in [0.25, 0.3) is 33.7 Å². The Morgan fingerprint density at radius 1 is 1.03 bits per heavy atom. The first-order chi connectivity index (χ1) is 18.3. The van der Waals surface area contributed by atoms with Crippen molar-refractivity contribution < 1.29 is 19.1 Å². The minimum Gasteiger partial charge on any atom is -0.497 e. The highest BCUT2D eigenvalue weighted by molar-refractivity contribution is 7.14. The number of hydrogen-bond acceptors (Lipinski definition) is 7. The van der Waals surface area contributed by atoms with Crippen molar-refractivity contribution in [2.75, 3.05) is 12.4 Å². The number of imidazole rings is 1. The van der Waals surface area contributed by atoms with E-state index in [1.54, 1.807) is 48.9 Å². The first-order valence-corrected chi connectivity index (χ1v) is 13.0. The molecular weight excluding hydrogens is 547 g/mol. The number of thiazole rings is 1. The molecule has 5 aromatic rings. The van der Waals surface area contributed by atoms with Gasteiger partial charge in [-0.25, -0.2) is 14.8 Å².